The first-order valence-electron chi connectivity index (χ1n) is 9.00. The van der Waals surface area contributed by atoms with Crippen LogP contribution >= 0.6 is 22.9 Å². The largest absolute Gasteiger partial charge is 0.349 e. The van der Waals surface area contributed by atoms with Gasteiger partial charge in [-0.2, -0.15) is 4.31 Å². The number of carbonyl (C=O) groups excluding carboxylic acids is 1. The second-order valence-corrected chi connectivity index (χ2v) is 10.4. The molecule has 27 heavy (non-hydrogen) atoms. The van der Waals surface area contributed by atoms with Gasteiger partial charge >= 0.3 is 0 Å². The van der Waals surface area contributed by atoms with E-state index in [4.69, 9.17) is 11.6 Å². The van der Waals surface area contributed by atoms with Gasteiger partial charge in [0.2, 0.25) is 5.91 Å². The highest BCUT2D eigenvalue weighted by Gasteiger charge is 2.27. The van der Waals surface area contributed by atoms with Crippen LogP contribution in [0, 0.1) is 0 Å². The zero-order valence-corrected chi connectivity index (χ0v) is 17.5. The Kier molecular flexibility index (Phi) is 6.57. The Morgan fingerprint density at radius 2 is 1.89 bits per heavy atom. The molecular weight excluding hydrogens is 404 g/mol. The highest BCUT2D eigenvalue weighted by Crippen LogP contribution is 2.28. The molecule has 5 nitrogen and oxygen atoms in total. The Labute approximate surface area is 169 Å². The molecule has 1 fully saturated rings. The zero-order chi connectivity index (χ0) is 19.4. The summed E-state index contributed by atoms with van der Waals surface area (Å²) in [4.78, 5) is 13.1. The van der Waals surface area contributed by atoms with Crippen molar-refractivity contribution in [2.75, 3.05) is 13.1 Å². The van der Waals surface area contributed by atoms with Gasteiger partial charge in [-0.3, -0.25) is 4.79 Å². The lowest BCUT2D eigenvalue weighted by Crippen LogP contribution is -2.35. The van der Waals surface area contributed by atoms with Gasteiger partial charge in [-0.15, -0.1) is 11.3 Å². The average Bonchev–Trinajstić information content (AvgIpc) is 3.12. The summed E-state index contributed by atoms with van der Waals surface area (Å²) in [6.45, 7) is 3.02. The maximum Gasteiger partial charge on any atom is 0.252 e. The Morgan fingerprint density at radius 1 is 1.19 bits per heavy atom. The number of hydrogen-bond acceptors (Lipinski definition) is 4. The van der Waals surface area contributed by atoms with Gasteiger partial charge < -0.3 is 5.32 Å². The fourth-order valence-corrected chi connectivity index (χ4v) is 6.50. The van der Waals surface area contributed by atoms with Crippen LogP contribution in [0.15, 0.2) is 40.6 Å². The van der Waals surface area contributed by atoms with E-state index < -0.39 is 10.0 Å². The van der Waals surface area contributed by atoms with Crippen molar-refractivity contribution in [1.29, 1.82) is 0 Å². The number of amides is 1. The van der Waals surface area contributed by atoms with E-state index in [1.807, 2.05) is 25.1 Å². The molecule has 1 aliphatic rings. The van der Waals surface area contributed by atoms with E-state index in [1.54, 1.807) is 22.5 Å². The number of nitrogens with one attached hydrogen (secondary N) is 1. The number of thiophene rings is 1. The fraction of sp³-hybridized carbons (Fsp3) is 0.421. The van der Waals surface area contributed by atoms with Crippen molar-refractivity contribution in [2.45, 2.75) is 42.9 Å². The maximum atomic E-state index is 12.7. The van der Waals surface area contributed by atoms with Gasteiger partial charge in [0.05, 0.1) is 12.5 Å². The number of piperidine rings is 1. The highest BCUT2D eigenvalue weighted by molar-refractivity contribution is 7.91. The van der Waals surface area contributed by atoms with Crippen LogP contribution in [0.5, 0.6) is 0 Å². The van der Waals surface area contributed by atoms with Crippen LogP contribution in [-0.4, -0.2) is 31.7 Å². The summed E-state index contributed by atoms with van der Waals surface area (Å²) in [5.74, 6) is -0.161. The number of halogens is 1. The van der Waals surface area contributed by atoms with Crippen LogP contribution in [0.2, 0.25) is 5.02 Å². The van der Waals surface area contributed by atoms with Crippen molar-refractivity contribution in [3.63, 3.8) is 0 Å². The first kappa shape index (κ1) is 20.3. The Bertz CT molecular complexity index is 905. The van der Waals surface area contributed by atoms with Crippen LogP contribution in [0.1, 0.15) is 42.7 Å². The van der Waals surface area contributed by atoms with Gasteiger partial charge in [-0.05, 0) is 43.5 Å². The van der Waals surface area contributed by atoms with E-state index in [-0.39, 0.29) is 18.4 Å². The summed E-state index contributed by atoms with van der Waals surface area (Å²) in [6, 6.07) is 10.5. The molecule has 1 aromatic heterocycles. The molecule has 0 saturated carbocycles. The van der Waals surface area contributed by atoms with E-state index in [0.717, 1.165) is 29.7 Å². The lowest BCUT2D eigenvalue weighted by molar-refractivity contribution is -0.121. The van der Waals surface area contributed by atoms with E-state index in [0.29, 0.717) is 22.3 Å². The van der Waals surface area contributed by atoms with E-state index in [1.165, 1.54) is 11.3 Å². The molecule has 0 bridgehead atoms. The molecule has 1 unspecified atom stereocenters. The minimum atomic E-state index is -3.45. The average molecular weight is 427 g/mol. The molecule has 1 amide bonds. The summed E-state index contributed by atoms with van der Waals surface area (Å²) in [5, 5.41) is 3.53. The van der Waals surface area contributed by atoms with Gasteiger partial charge in [-0.1, -0.05) is 36.2 Å². The van der Waals surface area contributed by atoms with Crippen LogP contribution in [-0.2, 0) is 21.2 Å². The second-order valence-electron chi connectivity index (χ2n) is 6.67. The third-order valence-corrected chi connectivity index (χ3v) is 8.43. The molecule has 1 atom stereocenters. The standard InChI is InChI=1S/C19H23ClN2O3S2/c1-14(16-7-3-4-8-17(16)20)21-18(23)13-15-9-10-19(26-15)27(24,25)22-11-5-2-6-12-22/h3-4,7-10,14H,2,5-6,11-13H2,1H3,(H,21,23). The van der Waals surface area contributed by atoms with Crippen molar-refractivity contribution in [3.8, 4) is 0 Å². The normalized spacial score (nSPS) is 16.8. The fourth-order valence-electron chi connectivity index (χ4n) is 3.18. The predicted octanol–water partition coefficient (Wildman–Crippen LogP) is 4.00. The van der Waals surface area contributed by atoms with Gasteiger partial charge in [0.25, 0.3) is 10.0 Å². The van der Waals surface area contributed by atoms with Crippen molar-refractivity contribution < 1.29 is 13.2 Å². The third kappa shape index (κ3) is 4.90. The van der Waals surface area contributed by atoms with Crippen LogP contribution in [0.25, 0.3) is 0 Å². The number of benzene rings is 1. The summed E-state index contributed by atoms with van der Waals surface area (Å²) in [6.07, 6.45) is 3.03. The predicted molar refractivity (Wildman–Crippen MR) is 109 cm³/mol. The molecule has 0 spiro atoms. The molecule has 1 N–H and O–H groups in total. The first-order chi connectivity index (χ1) is 12.9. The first-order valence-corrected chi connectivity index (χ1v) is 11.6. The van der Waals surface area contributed by atoms with E-state index in [9.17, 15) is 13.2 Å². The highest BCUT2D eigenvalue weighted by atomic mass is 35.5. The number of nitrogens with zero attached hydrogens (tertiary/aromatic N) is 1. The van der Waals surface area contributed by atoms with Gasteiger partial charge in [0.1, 0.15) is 4.21 Å². The Hall–Kier alpha value is -1.41. The third-order valence-electron chi connectivity index (χ3n) is 4.63. The lowest BCUT2D eigenvalue weighted by Gasteiger charge is -2.25. The van der Waals surface area contributed by atoms with Gasteiger partial charge in [0.15, 0.2) is 0 Å². The molecule has 2 aromatic rings. The topological polar surface area (TPSA) is 66.5 Å². The number of rotatable bonds is 6. The zero-order valence-electron chi connectivity index (χ0n) is 15.2. The van der Waals surface area contributed by atoms with Crippen LogP contribution in [0.4, 0.5) is 0 Å². The van der Waals surface area contributed by atoms with E-state index >= 15 is 0 Å². The molecule has 3 rings (SSSR count). The quantitative estimate of drug-likeness (QED) is 0.759. The molecule has 1 aromatic carbocycles. The second kappa shape index (κ2) is 8.73. The Balaban J connectivity index is 1.63. The molecule has 0 radical (unpaired) electrons. The van der Waals surface area contributed by atoms with Crippen molar-refractivity contribution in [2.24, 2.45) is 0 Å². The lowest BCUT2D eigenvalue weighted by atomic mass is 10.1. The van der Waals surface area contributed by atoms with Crippen molar-refractivity contribution in [1.82, 2.24) is 9.62 Å². The van der Waals surface area contributed by atoms with Crippen LogP contribution < -0.4 is 5.32 Å². The summed E-state index contributed by atoms with van der Waals surface area (Å²) >= 11 is 7.34. The van der Waals surface area contributed by atoms with Crippen LogP contribution in [0.3, 0.4) is 0 Å². The molecule has 8 heteroatoms. The van der Waals surface area contributed by atoms with E-state index in [2.05, 4.69) is 5.32 Å². The molecular formula is C19H23ClN2O3S2. The number of sulfonamides is 1. The smallest absolute Gasteiger partial charge is 0.252 e. The molecule has 1 aliphatic heterocycles. The number of carbonyl (C=O) groups is 1. The maximum absolute atomic E-state index is 12.7. The minimum absolute atomic E-state index is 0.148. The van der Waals surface area contributed by atoms with Gasteiger partial charge in [0, 0.05) is 23.0 Å². The molecule has 0 aliphatic carbocycles. The summed E-state index contributed by atoms with van der Waals surface area (Å²) < 4.78 is 27.3. The molecule has 2 heterocycles. The SMILES string of the molecule is CC(NC(=O)Cc1ccc(S(=O)(=O)N2CCCCC2)s1)c1ccccc1Cl. The molecule has 146 valence electrons. The summed E-state index contributed by atoms with van der Waals surface area (Å²) in [7, 11) is -3.45. The molecule has 1 saturated heterocycles. The van der Waals surface area contributed by atoms with Gasteiger partial charge in [-0.25, -0.2) is 8.42 Å². The minimum Gasteiger partial charge on any atom is -0.349 e. The number of hydrogen-bond donors (Lipinski definition) is 1. The van der Waals surface area contributed by atoms with Crippen molar-refractivity contribution >= 4 is 38.9 Å². The monoisotopic (exact) mass is 426 g/mol. The van der Waals surface area contributed by atoms with Crippen molar-refractivity contribution in [3.05, 3.63) is 51.9 Å². The Morgan fingerprint density at radius 3 is 2.59 bits per heavy atom. The summed E-state index contributed by atoms with van der Waals surface area (Å²) in [5.41, 5.74) is 0.854.